The predicted octanol–water partition coefficient (Wildman–Crippen LogP) is 5.31. The summed E-state index contributed by atoms with van der Waals surface area (Å²) in [6.07, 6.45) is 2.91. The lowest BCUT2D eigenvalue weighted by molar-refractivity contribution is -0.111. The predicted molar refractivity (Wildman–Crippen MR) is 92.1 cm³/mol. The van der Waals surface area contributed by atoms with Crippen molar-refractivity contribution >= 4 is 52.5 Å². The lowest BCUT2D eigenvalue weighted by Crippen LogP contribution is -2.07. The molecule has 2 aromatic carbocycles. The van der Waals surface area contributed by atoms with Crippen LogP contribution in [0, 0.1) is 0 Å². The number of rotatable bonds is 4. The van der Waals surface area contributed by atoms with Gasteiger partial charge in [-0.15, -0.1) is 0 Å². The Hall–Kier alpha value is -1.68. The summed E-state index contributed by atoms with van der Waals surface area (Å²) in [4.78, 5) is 11.9. The first kappa shape index (κ1) is 16.7. The van der Waals surface area contributed by atoms with E-state index in [4.69, 9.17) is 39.5 Å². The molecule has 2 aromatic rings. The molecule has 0 aliphatic carbocycles. The summed E-state index contributed by atoms with van der Waals surface area (Å²) in [6, 6.07) is 10.1. The smallest absolute Gasteiger partial charge is 0.248 e. The highest BCUT2D eigenvalue weighted by atomic mass is 35.5. The van der Waals surface area contributed by atoms with Gasteiger partial charge >= 0.3 is 0 Å². The fourth-order valence-corrected chi connectivity index (χ4v) is 2.54. The van der Waals surface area contributed by atoms with Gasteiger partial charge < -0.3 is 10.1 Å². The minimum atomic E-state index is -0.322. The van der Waals surface area contributed by atoms with Crippen LogP contribution >= 0.6 is 34.8 Å². The van der Waals surface area contributed by atoms with Crippen LogP contribution in [-0.4, -0.2) is 13.0 Å². The molecule has 0 aromatic heterocycles. The van der Waals surface area contributed by atoms with Crippen molar-refractivity contribution in [3.8, 4) is 5.75 Å². The largest absolute Gasteiger partial charge is 0.495 e. The molecule has 0 aliphatic heterocycles. The second-order valence-electron chi connectivity index (χ2n) is 4.31. The van der Waals surface area contributed by atoms with E-state index in [1.54, 1.807) is 42.5 Å². The number of ether oxygens (including phenoxy) is 1. The van der Waals surface area contributed by atoms with Crippen LogP contribution in [0.5, 0.6) is 5.75 Å². The van der Waals surface area contributed by atoms with E-state index in [9.17, 15) is 4.79 Å². The molecule has 22 heavy (non-hydrogen) atoms. The van der Waals surface area contributed by atoms with E-state index in [2.05, 4.69) is 5.32 Å². The van der Waals surface area contributed by atoms with Crippen LogP contribution in [0.2, 0.25) is 15.1 Å². The molecule has 0 heterocycles. The number of benzene rings is 2. The van der Waals surface area contributed by atoms with Gasteiger partial charge in [-0.2, -0.15) is 0 Å². The quantitative estimate of drug-likeness (QED) is 0.754. The van der Waals surface area contributed by atoms with Gasteiger partial charge in [0.2, 0.25) is 5.91 Å². The highest BCUT2D eigenvalue weighted by molar-refractivity contribution is 6.37. The summed E-state index contributed by atoms with van der Waals surface area (Å²) in [6.45, 7) is 0. The van der Waals surface area contributed by atoms with E-state index in [0.29, 0.717) is 32.1 Å². The molecular formula is C16H12Cl3NO2. The van der Waals surface area contributed by atoms with Crippen molar-refractivity contribution in [3.63, 3.8) is 0 Å². The van der Waals surface area contributed by atoms with Crippen LogP contribution in [0.1, 0.15) is 5.56 Å². The van der Waals surface area contributed by atoms with Crippen LogP contribution in [0.3, 0.4) is 0 Å². The van der Waals surface area contributed by atoms with Crippen molar-refractivity contribution in [2.45, 2.75) is 0 Å². The topological polar surface area (TPSA) is 38.3 Å². The average molecular weight is 357 g/mol. The Bertz CT molecular complexity index is 709. The van der Waals surface area contributed by atoms with E-state index >= 15 is 0 Å². The van der Waals surface area contributed by atoms with Gasteiger partial charge in [-0.05, 0) is 36.4 Å². The van der Waals surface area contributed by atoms with Crippen LogP contribution in [0.25, 0.3) is 6.08 Å². The summed E-state index contributed by atoms with van der Waals surface area (Å²) < 4.78 is 5.05. The van der Waals surface area contributed by atoms with E-state index < -0.39 is 0 Å². The molecule has 0 spiro atoms. The first-order chi connectivity index (χ1) is 10.5. The Kier molecular flexibility index (Phi) is 5.72. The summed E-state index contributed by atoms with van der Waals surface area (Å²) in [5.74, 6) is 0.218. The molecule has 3 nitrogen and oxygen atoms in total. The lowest BCUT2D eigenvalue weighted by Gasteiger charge is -2.06. The third-order valence-corrected chi connectivity index (χ3v) is 3.77. The van der Waals surface area contributed by atoms with E-state index in [1.807, 2.05) is 0 Å². The first-order valence-electron chi connectivity index (χ1n) is 6.28. The zero-order valence-corrected chi connectivity index (χ0v) is 13.8. The number of halogens is 3. The van der Waals surface area contributed by atoms with Gasteiger partial charge in [0.1, 0.15) is 5.75 Å². The molecule has 114 valence electrons. The molecule has 0 saturated carbocycles. The molecule has 0 saturated heterocycles. The number of nitrogens with one attached hydrogen (secondary N) is 1. The minimum Gasteiger partial charge on any atom is -0.495 e. The molecule has 1 amide bonds. The third kappa shape index (κ3) is 4.17. The number of methoxy groups -OCH3 is 1. The Morgan fingerprint density at radius 3 is 2.36 bits per heavy atom. The van der Waals surface area contributed by atoms with Crippen molar-refractivity contribution in [2.24, 2.45) is 0 Å². The molecule has 0 radical (unpaired) electrons. The second-order valence-corrected chi connectivity index (χ2v) is 5.53. The van der Waals surface area contributed by atoms with Crippen molar-refractivity contribution in [1.82, 2.24) is 0 Å². The average Bonchev–Trinajstić information content (AvgIpc) is 2.47. The molecule has 6 heteroatoms. The van der Waals surface area contributed by atoms with Crippen LogP contribution < -0.4 is 10.1 Å². The lowest BCUT2D eigenvalue weighted by atomic mass is 10.2. The SMILES string of the molecule is COc1ccc(NC(=O)/C=C/c2c(Cl)cccc2Cl)cc1Cl. The number of carbonyl (C=O) groups excluding carboxylic acids is 1. The van der Waals surface area contributed by atoms with Crippen molar-refractivity contribution in [1.29, 1.82) is 0 Å². The molecule has 0 aliphatic rings. The Labute approximate surface area is 143 Å². The van der Waals surface area contributed by atoms with Crippen LogP contribution in [0.15, 0.2) is 42.5 Å². The summed E-state index contributed by atoms with van der Waals surface area (Å²) in [7, 11) is 1.52. The Morgan fingerprint density at radius 2 is 1.77 bits per heavy atom. The maximum Gasteiger partial charge on any atom is 0.248 e. The number of carbonyl (C=O) groups is 1. The number of hydrogen-bond acceptors (Lipinski definition) is 2. The van der Waals surface area contributed by atoms with Gasteiger partial charge in [-0.25, -0.2) is 0 Å². The van der Waals surface area contributed by atoms with Crippen molar-refractivity contribution < 1.29 is 9.53 Å². The van der Waals surface area contributed by atoms with Gasteiger partial charge in [-0.1, -0.05) is 40.9 Å². The fourth-order valence-electron chi connectivity index (χ4n) is 1.76. The van der Waals surface area contributed by atoms with E-state index in [0.717, 1.165) is 0 Å². The maximum absolute atomic E-state index is 11.9. The summed E-state index contributed by atoms with van der Waals surface area (Å²) in [5, 5.41) is 4.06. The molecule has 0 atom stereocenters. The monoisotopic (exact) mass is 355 g/mol. The zero-order chi connectivity index (χ0) is 16.1. The van der Waals surface area contributed by atoms with Gasteiger partial charge in [0, 0.05) is 27.4 Å². The molecule has 2 rings (SSSR count). The number of amides is 1. The van der Waals surface area contributed by atoms with Gasteiger partial charge in [0.25, 0.3) is 0 Å². The first-order valence-corrected chi connectivity index (χ1v) is 7.41. The van der Waals surface area contributed by atoms with Gasteiger partial charge in [0.05, 0.1) is 12.1 Å². The summed E-state index contributed by atoms with van der Waals surface area (Å²) >= 11 is 18.1. The van der Waals surface area contributed by atoms with Crippen LogP contribution in [-0.2, 0) is 4.79 Å². The maximum atomic E-state index is 11.9. The molecule has 0 bridgehead atoms. The number of hydrogen-bond donors (Lipinski definition) is 1. The fraction of sp³-hybridized carbons (Fsp3) is 0.0625. The Morgan fingerprint density at radius 1 is 1.09 bits per heavy atom. The number of anilines is 1. The minimum absolute atomic E-state index is 0.322. The third-order valence-electron chi connectivity index (χ3n) is 2.82. The van der Waals surface area contributed by atoms with Crippen LogP contribution in [0.4, 0.5) is 5.69 Å². The molecule has 0 unspecified atom stereocenters. The highest BCUT2D eigenvalue weighted by Crippen LogP contribution is 2.28. The van der Waals surface area contributed by atoms with E-state index in [1.165, 1.54) is 13.2 Å². The van der Waals surface area contributed by atoms with Crippen molar-refractivity contribution in [3.05, 3.63) is 63.1 Å². The molecular weight excluding hydrogens is 345 g/mol. The zero-order valence-electron chi connectivity index (χ0n) is 11.6. The highest BCUT2D eigenvalue weighted by Gasteiger charge is 2.05. The molecule has 1 N–H and O–H groups in total. The van der Waals surface area contributed by atoms with E-state index in [-0.39, 0.29) is 5.91 Å². The van der Waals surface area contributed by atoms with Gasteiger partial charge in [-0.3, -0.25) is 4.79 Å². The second kappa shape index (κ2) is 7.54. The van der Waals surface area contributed by atoms with Gasteiger partial charge in [0.15, 0.2) is 0 Å². The van der Waals surface area contributed by atoms with Crippen molar-refractivity contribution in [2.75, 3.05) is 12.4 Å². The normalized spacial score (nSPS) is 10.7. The Balaban J connectivity index is 2.10. The summed E-state index contributed by atoms with van der Waals surface area (Å²) in [5.41, 5.74) is 1.15. The molecule has 0 fully saturated rings. The standard InChI is InChI=1S/C16H12Cl3NO2/c1-22-15-7-5-10(9-14(15)19)20-16(21)8-6-11-12(17)3-2-4-13(11)18/h2-9H,1H3,(H,20,21)/b8-6+.